The molecule has 0 radical (unpaired) electrons. The Morgan fingerprint density at radius 3 is 2.04 bits per heavy atom. The molecule has 3 saturated carbocycles. The molecule has 45 heavy (non-hydrogen) atoms. The lowest BCUT2D eigenvalue weighted by Gasteiger charge is -2.70. The second kappa shape index (κ2) is 11.3. The van der Waals surface area contributed by atoms with Gasteiger partial charge in [-0.05, 0) is 84.5 Å². The zero-order valence-electron chi connectivity index (χ0n) is 28.5. The molecule has 2 aromatic rings. The standard InChI is InChI=1S/C39H56O5Si/c1-28-38-22-23-39(41-25-26-42-39)37(38,6)21-18-33(34(38)43-28)36(5)20-17-30(27-29(36)19-24-40)44-45(35(2,3)4,31-13-9-7-10-14-31)32-15-11-8-12-16-32/h7-16,28-30,33-34,40H,17-27H2,1-6H3/t28?,29-,30-,33-,34+,36-,37-,38+/m0/s1. The summed E-state index contributed by atoms with van der Waals surface area (Å²) in [5.74, 6) is 0.393. The summed E-state index contributed by atoms with van der Waals surface area (Å²) < 4.78 is 27.5. The van der Waals surface area contributed by atoms with Crippen LogP contribution in [0.4, 0.5) is 0 Å². The molecule has 1 unspecified atom stereocenters. The monoisotopic (exact) mass is 632 g/mol. The summed E-state index contributed by atoms with van der Waals surface area (Å²) in [4.78, 5) is 0. The Bertz CT molecular complexity index is 1300. The zero-order chi connectivity index (χ0) is 31.7. The van der Waals surface area contributed by atoms with Gasteiger partial charge in [-0.25, -0.2) is 0 Å². The minimum atomic E-state index is -2.66. The highest BCUT2D eigenvalue weighted by atomic mass is 28.4. The minimum absolute atomic E-state index is 0.0260. The van der Waals surface area contributed by atoms with E-state index in [9.17, 15) is 5.11 Å². The van der Waals surface area contributed by atoms with Crippen LogP contribution in [-0.2, 0) is 18.6 Å². The van der Waals surface area contributed by atoms with E-state index in [1.165, 1.54) is 10.4 Å². The molecule has 1 N–H and O–H groups in total. The molecule has 246 valence electrons. The SMILES string of the molecule is CC1O[C@@H]2[C@@H]([C@@]3(C)CC[C@H](O[Si](c4ccccc4)(c4ccccc4)C(C)(C)C)C[C@@H]3CCO)CC[C@]3(C)C4(CC[C@@]123)OCCO4. The summed E-state index contributed by atoms with van der Waals surface area (Å²) in [5, 5.41) is 13.1. The van der Waals surface area contributed by atoms with Gasteiger partial charge in [-0.2, -0.15) is 0 Å². The number of rotatable bonds is 7. The topological polar surface area (TPSA) is 57.2 Å². The van der Waals surface area contributed by atoms with Crippen LogP contribution < -0.4 is 10.4 Å². The van der Waals surface area contributed by atoms with Crippen molar-refractivity contribution in [2.45, 2.75) is 122 Å². The van der Waals surface area contributed by atoms with E-state index in [0.717, 1.165) is 51.4 Å². The molecule has 2 spiro atoms. The fourth-order valence-corrected chi connectivity index (χ4v) is 16.3. The number of aliphatic hydroxyl groups is 1. The van der Waals surface area contributed by atoms with E-state index in [-0.39, 0.29) is 46.2 Å². The van der Waals surface area contributed by atoms with Gasteiger partial charge in [0.05, 0.1) is 25.4 Å². The van der Waals surface area contributed by atoms with Crippen molar-refractivity contribution in [2.24, 2.45) is 28.1 Å². The van der Waals surface area contributed by atoms with Crippen molar-refractivity contribution in [3.63, 3.8) is 0 Å². The van der Waals surface area contributed by atoms with Crippen LogP contribution in [0, 0.1) is 28.1 Å². The smallest absolute Gasteiger partial charge is 0.261 e. The average molecular weight is 633 g/mol. The molecule has 2 aliphatic heterocycles. The van der Waals surface area contributed by atoms with Crippen LogP contribution in [0.15, 0.2) is 60.7 Å². The predicted octanol–water partition coefficient (Wildman–Crippen LogP) is 6.85. The third-order valence-electron chi connectivity index (χ3n) is 14.0. The van der Waals surface area contributed by atoms with Crippen LogP contribution in [0.1, 0.15) is 92.9 Å². The Balaban J connectivity index is 1.20. The maximum Gasteiger partial charge on any atom is 0.261 e. The van der Waals surface area contributed by atoms with Gasteiger partial charge in [-0.15, -0.1) is 0 Å². The van der Waals surface area contributed by atoms with Gasteiger partial charge in [0, 0.05) is 30.0 Å². The van der Waals surface area contributed by atoms with E-state index in [4.69, 9.17) is 18.6 Å². The van der Waals surface area contributed by atoms with Crippen LogP contribution >= 0.6 is 0 Å². The van der Waals surface area contributed by atoms with Gasteiger partial charge in [0.25, 0.3) is 8.32 Å². The Labute approximate surface area is 272 Å². The normalized spacial score (nSPS) is 39.3. The Morgan fingerprint density at radius 2 is 1.49 bits per heavy atom. The fourth-order valence-electron chi connectivity index (χ4n) is 11.6. The van der Waals surface area contributed by atoms with Crippen LogP contribution in [0.2, 0.25) is 5.04 Å². The Kier molecular flexibility index (Phi) is 8.02. The molecule has 0 aromatic heterocycles. The van der Waals surface area contributed by atoms with Crippen LogP contribution in [0.5, 0.6) is 0 Å². The third kappa shape index (κ3) is 4.42. The highest BCUT2D eigenvalue weighted by Gasteiger charge is 2.79. The molecule has 7 rings (SSSR count). The predicted molar refractivity (Wildman–Crippen MR) is 181 cm³/mol. The first-order valence-electron chi connectivity index (χ1n) is 17.8. The quantitative estimate of drug-likeness (QED) is 0.339. The van der Waals surface area contributed by atoms with Gasteiger partial charge in [0.2, 0.25) is 0 Å². The van der Waals surface area contributed by atoms with Crippen LogP contribution in [0.25, 0.3) is 0 Å². The number of fused-ring (bicyclic) bond motifs is 1. The molecule has 6 heteroatoms. The number of aliphatic hydroxyl groups excluding tert-OH is 1. The molecule has 2 saturated heterocycles. The molecule has 5 aliphatic rings. The molecular formula is C39H56O5Si. The highest BCUT2D eigenvalue weighted by molar-refractivity contribution is 6.99. The lowest BCUT2D eigenvalue weighted by Crippen LogP contribution is -2.73. The second-order valence-electron chi connectivity index (χ2n) is 16.6. The van der Waals surface area contributed by atoms with E-state index in [1.807, 2.05) is 0 Å². The molecule has 2 aromatic carbocycles. The summed E-state index contributed by atoms with van der Waals surface area (Å²) in [6.07, 6.45) is 8.88. The van der Waals surface area contributed by atoms with E-state index < -0.39 is 14.1 Å². The maximum absolute atomic E-state index is 10.5. The third-order valence-corrected chi connectivity index (χ3v) is 19.1. The molecule has 8 atom stereocenters. The summed E-state index contributed by atoms with van der Waals surface area (Å²) in [5.41, 5.74) is 0.150. The summed E-state index contributed by atoms with van der Waals surface area (Å²) in [7, 11) is -2.66. The fraction of sp³-hybridized carbons (Fsp3) is 0.692. The van der Waals surface area contributed by atoms with Crippen molar-refractivity contribution in [1.82, 2.24) is 0 Å². The Morgan fingerprint density at radius 1 is 0.867 bits per heavy atom. The first kappa shape index (κ1) is 32.0. The number of benzene rings is 2. The number of ether oxygens (including phenoxy) is 3. The summed E-state index contributed by atoms with van der Waals surface area (Å²) in [6.45, 7) is 16.0. The lowest BCUT2D eigenvalue weighted by molar-refractivity contribution is -0.368. The van der Waals surface area contributed by atoms with Crippen molar-refractivity contribution in [3.8, 4) is 0 Å². The largest absolute Gasteiger partial charge is 0.404 e. The van der Waals surface area contributed by atoms with Crippen molar-refractivity contribution < 1.29 is 23.7 Å². The first-order chi connectivity index (χ1) is 21.5. The van der Waals surface area contributed by atoms with Crippen LogP contribution in [0.3, 0.4) is 0 Å². The lowest BCUT2D eigenvalue weighted by atomic mass is 9.43. The molecular weight excluding hydrogens is 577 g/mol. The number of hydrogen-bond donors (Lipinski definition) is 1. The van der Waals surface area contributed by atoms with E-state index >= 15 is 0 Å². The maximum atomic E-state index is 10.5. The van der Waals surface area contributed by atoms with Gasteiger partial charge < -0.3 is 23.7 Å². The highest BCUT2D eigenvalue weighted by Crippen LogP contribution is 2.76. The average Bonchev–Trinajstić information content (AvgIpc) is 3.62. The van der Waals surface area contributed by atoms with Gasteiger partial charge in [0.15, 0.2) is 5.79 Å². The molecule has 5 fully saturated rings. The minimum Gasteiger partial charge on any atom is -0.404 e. The van der Waals surface area contributed by atoms with E-state index in [1.54, 1.807) is 0 Å². The van der Waals surface area contributed by atoms with Gasteiger partial charge >= 0.3 is 0 Å². The first-order valence-corrected chi connectivity index (χ1v) is 19.7. The van der Waals surface area contributed by atoms with Crippen molar-refractivity contribution >= 4 is 18.7 Å². The Hall–Kier alpha value is -1.54. The summed E-state index contributed by atoms with van der Waals surface area (Å²) in [6, 6.07) is 22.1. The van der Waals surface area contributed by atoms with Gasteiger partial charge in [0.1, 0.15) is 0 Å². The second-order valence-corrected chi connectivity index (χ2v) is 20.8. The molecule has 2 heterocycles. The molecule has 3 aliphatic carbocycles. The molecule has 0 amide bonds. The van der Waals surface area contributed by atoms with Crippen molar-refractivity contribution in [2.75, 3.05) is 19.8 Å². The van der Waals surface area contributed by atoms with Crippen molar-refractivity contribution in [1.29, 1.82) is 0 Å². The van der Waals surface area contributed by atoms with E-state index in [2.05, 4.69) is 102 Å². The number of hydrogen-bond acceptors (Lipinski definition) is 5. The molecule has 0 bridgehead atoms. The van der Waals surface area contributed by atoms with E-state index in [0.29, 0.717) is 25.0 Å². The molecule has 5 nitrogen and oxygen atoms in total. The van der Waals surface area contributed by atoms with Crippen molar-refractivity contribution in [3.05, 3.63) is 60.7 Å². The zero-order valence-corrected chi connectivity index (χ0v) is 29.5. The van der Waals surface area contributed by atoms with Crippen LogP contribution in [-0.4, -0.2) is 57.3 Å². The summed E-state index contributed by atoms with van der Waals surface area (Å²) >= 11 is 0. The van der Waals surface area contributed by atoms with Gasteiger partial charge in [-0.3, -0.25) is 0 Å². The van der Waals surface area contributed by atoms with Gasteiger partial charge in [-0.1, -0.05) is 95.3 Å².